The Bertz CT molecular complexity index is 2060. The summed E-state index contributed by atoms with van der Waals surface area (Å²) < 4.78 is 46.4. The van der Waals surface area contributed by atoms with Crippen molar-refractivity contribution in [3.8, 4) is 22.9 Å². The Labute approximate surface area is 333 Å². The fourth-order valence-corrected chi connectivity index (χ4v) is 8.86. The number of thiazole rings is 1. The fraction of sp³-hybridized carbons (Fsp3) is 0.564. The minimum atomic E-state index is -2.80. The summed E-state index contributed by atoms with van der Waals surface area (Å²) in [5, 5.41) is 9.28. The van der Waals surface area contributed by atoms with E-state index >= 15 is 0 Å². The van der Waals surface area contributed by atoms with Gasteiger partial charge in [-0.15, -0.1) is 11.3 Å². The average molecular weight is 816 g/mol. The largest absolute Gasteiger partial charge is 0.490 e. The normalized spacial score (nSPS) is 24.9. The zero-order valence-electron chi connectivity index (χ0n) is 32.2. The molecule has 7 rings (SSSR count). The lowest BCUT2D eigenvalue weighted by atomic mass is 9.85. The number of fused-ring (bicyclic) bond motifs is 2. The first-order chi connectivity index (χ1) is 26.3. The van der Waals surface area contributed by atoms with E-state index in [-0.39, 0.29) is 55.5 Å². The van der Waals surface area contributed by atoms with E-state index in [1.807, 2.05) is 40.0 Å². The first kappa shape index (κ1) is 39.9. The highest BCUT2D eigenvalue weighted by Crippen LogP contribution is 2.45. The molecule has 4 N–H and O–H groups in total. The molecule has 0 bridgehead atoms. The number of hydrogen-bond acceptors (Lipinski definition) is 11. The summed E-state index contributed by atoms with van der Waals surface area (Å²) >= 11 is 8.37. The molecule has 1 aromatic carbocycles. The van der Waals surface area contributed by atoms with E-state index in [1.165, 1.54) is 21.8 Å². The van der Waals surface area contributed by atoms with E-state index in [1.54, 1.807) is 30.1 Å². The van der Waals surface area contributed by atoms with Crippen LogP contribution in [0.15, 0.2) is 35.2 Å². The first-order valence-corrected chi connectivity index (χ1v) is 20.1. The number of primary amides is 1. The highest BCUT2D eigenvalue weighted by molar-refractivity contribution is 7.14. The molecule has 1 unspecified atom stereocenters. The van der Waals surface area contributed by atoms with Crippen molar-refractivity contribution >= 4 is 56.9 Å². The number of nitrogens with zero attached hydrogens (tertiary/aromatic N) is 4. The Hall–Kier alpha value is -4.28. The van der Waals surface area contributed by atoms with E-state index in [9.17, 15) is 23.2 Å². The van der Waals surface area contributed by atoms with Gasteiger partial charge in [0.05, 0.1) is 24.3 Å². The summed E-state index contributed by atoms with van der Waals surface area (Å²) in [6, 6.07) is 2.70. The second-order valence-electron chi connectivity index (χ2n) is 16.7. The number of halogens is 3. The number of nitrogens with one attached hydrogen (secondary N) is 2. The minimum Gasteiger partial charge on any atom is -0.490 e. The minimum absolute atomic E-state index is 0.000974. The van der Waals surface area contributed by atoms with Gasteiger partial charge in [-0.2, -0.15) is 0 Å². The summed E-state index contributed by atoms with van der Waals surface area (Å²) in [4.78, 5) is 52.7. The van der Waals surface area contributed by atoms with Crippen molar-refractivity contribution in [1.82, 2.24) is 25.1 Å². The van der Waals surface area contributed by atoms with E-state index < -0.39 is 53.5 Å². The molecule has 17 heteroatoms. The zero-order valence-corrected chi connectivity index (χ0v) is 33.8. The number of alkyl carbamates (subject to hydrolysis) is 1. The summed E-state index contributed by atoms with van der Waals surface area (Å²) in [7, 11) is 1.64. The maximum absolute atomic E-state index is 14.2. The van der Waals surface area contributed by atoms with E-state index in [0.29, 0.717) is 45.5 Å². The van der Waals surface area contributed by atoms with Crippen LogP contribution in [0.2, 0.25) is 5.02 Å². The number of carbonyl (C=O) groups is 3. The molecule has 56 heavy (non-hydrogen) atoms. The van der Waals surface area contributed by atoms with Crippen molar-refractivity contribution in [2.45, 2.75) is 103 Å². The molecule has 3 amide bonds. The van der Waals surface area contributed by atoms with Crippen molar-refractivity contribution < 1.29 is 37.4 Å². The van der Waals surface area contributed by atoms with Crippen LogP contribution in [-0.2, 0) is 14.3 Å². The monoisotopic (exact) mass is 815 g/mol. The van der Waals surface area contributed by atoms with Crippen LogP contribution < -0.4 is 25.8 Å². The Morgan fingerprint density at radius 3 is 2.54 bits per heavy atom. The molecular weight excluding hydrogens is 768 g/mol. The number of benzene rings is 1. The molecule has 3 aromatic rings. The van der Waals surface area contributed by atoms with Gasteiger partial charge in [-0.3, -0.25) is 14.5 Å². The van der Waals surface area contributed by atoms with Gasteiger partial charge in [-0.05, 0) is 44.9 Å². The van der Waals surface area contributed by atoms with E-state index in [2.05, 4.69) is 16.7 Å². The van der Waals surface area contributed by atoms with Crippen molar-refractivity contribution in [2.75, 3.05) is 32.1 Å². The molecule has 3 fully saturated rings. The molecule has 2 saturated heterocycles. The topological polar surface area (TPSA) is 161 Å². The Kier molecular flexibility index (Phi) is 10.9. The summed E-state index contributed by atoms with van der Waals surface area (Å²) in [6.45, 7) is 9.13. The maximum atomic E-state index is 14.2. The lowest BCUT2D eigenvalue weighted by molar-refractivity contribution is -0.141. The smallest absolute Gasteiger partial charge is 0.408 e. The van der Waals surface area contributed by atoms with Gasteiger partial charge in [0.2, 0.25) is 11.8 Å². The molecule has 2 aliphatic carbocycles. The van der Waals surface area contributed by atoms with E-state index in [4.69, 9.17) is 41.5 Å². The first-order valence-electron chi connectivity index (χ1n) is 18.9. The molecule has 0 spiro atoms. The number of rotatable bonds is 12. The number of ether oxygens (including phenoxy) is 3. The van der Waals surface area contributed by atoms with Crippen molar-refractivity contribution in [3.05, 3.63) is 40.3 Å². The van der Waals surface area contributed by atoms with Crippen molar-refractivity contribution in [1.29, 1.82) is 0 Å². The number of amides is 3. The summed E-state index contributed by atoms with van der Waals surface area (Å²) in [5.74, 6) is -2.94. The lowest BCUT2D eigenvalue weighted by Crippen LogP contribution is -2.57. The van der Waals surface area contributed by atoms with Crippen LogP contribution in [0.1, 0.15) is 60.3 Å². The predicted octanol–water partition coefficient (Wildman–Crippen LogP) is 6.24. The average Bonchev–Trinajstić information content (AvgIpc) is 3.50. The predicted molar refractivity (Wildman–Crippen MR) is 209 cm³/mol. The molecule has 13 nitrogen and oxygen atoms in total. The van der Waals surface area contributed by atoms with Gasteiger partial charge < -0.3 is 35.5 Å². The van der Waals surface area contributed by atoms with Crippen LogP contribution in [0.25, 0.3) is 22.3 Å². The van der Waals surface area contributed by atoms with Crippen LogP contribution in [0.4, 0.5) is 18.7 Å². The number of hydrogen-bond donors (Lipinski definition) is 3. The lowest BCUT2D eigenvalue weighted by Gasteiger charge is -2.35. The number of likely N-dealkylation sites (tertiary alicyclic amines) is 2. The van der Waals surface area contributed by atoms with Gasteiger partial charge >= 0.3 is 6.09 Å². The molecule has 6 atom stereocenters. The Balaban J connectivity index is 1.15. The van der Waals surface area contributed by atoms with Crippen molar-refractivity contribution in [2.24, 2.45) is 17.1 Å². The molecule has 0 radical (unpaired) electrons. The van der Waals surface area contributed by atoms with Crippen LogP contribution in [0, 0.1) is 11.3 Å². The second kappa shape index (κ2) is 15.2. The number of aromatic nitrogens is 2. The molecule has 4 aliphatic rings. The van der Waals surface area contributed by atoms with Gasteiger partial charge in [-0.1, -0.05) is 44.0 Å². The molecule has 4 heterocycles. The number of alkyl halides is 2. The Morgan fingerprint density at radius 2 is 1.89 bits per heavy atom. The SMILES string of the molecule is CC(C)Nc1nc(-c2cc(OC3C[C@@H](C(N)=O)N(C(=O)[C@@H](NC(=O)O[C@H]4CC5=C[C@H]5C4)C(C)(C)C)C3)c3ccc(OC[C@@H]4CC(F)(F)CN4C)c(Cl)c3n2)cs1. The van der Waals surface area contributed by atoms with Crippen LogP contribution in [-0.4, -0.2) is 107 Å². The highest BCUT2D eigenvalue weighted by Gasteiger charge is 2.47. The van der Waals surface area contributed by atoms with Gasteiger partial charge in [-0.25, -0.2) is 23.5 Å². The van der Waals surface area contributed by atoms with Gasteiger partial charge in [0.15, 0.2) is 5.13 Å². The third-order valence-electron chi connectivity index (χ3n) is 10.7. The number of nitrogens with two attached hydrogens (primary N) is 1. The number of carbonyl (C=O) groups excluding carboxylic acids is 3. The zero-order chi connectivity index (χ0) is 40.3. The fourth-order valence-electron chi connectivity index (χ4n) is 7.75. The van der Waals surface area contributed by atoms with Gasteiger partial charge in [0.25, 0.3) is 5.92 Å². The Morgan fingerprint density at radius 1 is 1.12 bits per heavy atom. The third kappa shape index (κ3) is 8.66. The van der Waals surface area contributed by atoms with Crippen LogP contribution in [0.5, 0.6) is 11.5 Å². The van der Waals surface area contributed by atoms with Gasteiger partial charge in [0, 0.05) is 54.1 Å². The third-order valence-corrected chi connectivity index (χ3v) is 11.8. The quantitative estimate of drug-likeness (QED) is 0.179. The van der Waals surface area contributed by atoms with Crippen molar-refractivity contribution in [3.63, 3.8) is 0 Å². The second-order valence-corrected chi connectivity index (χ2v) is 17.9. The summed E-state index contributed by atoms with van der Waals surface area (Å²) in [6.07, 6.45) is 1.76. The number of allylic oxidation sites excluding steroid dienone is 1. The van der Waals surface area contributed by atoms with Crippen LogP contribution in [0.3, 0.4) is 0 Å². The molecule has 2 aromatic heterocycles. The molecule has 302 valence electrons. The number of pyridine rings is 1. The number of likely N-dealkylation sites (N-methyl/N-ethyl adjacent to an activating group) is 1. The van der Waals surface area contributed by atoms with Crippen LogP contribution >= 0.6 is 22.9 Å². The maximum Gasteiger partial charge on any atom is 0.408 e. The van der Waals surface area contributed by atoms with E-state index in [0.717, 1.165) is 6.42 Å². The molecule has 1 saturated carbocycles. The van der Waals surface area contributed by atoms with Gasteiger partial charge in [0.1, 0.15) is 53.1 Å². The molecule has 2 aliphatic heterocycles. The molecular formula is C39H48ClF2N7O6S. The summed E-state index contributed by atoms with van der Waals surface area (Å²) in [5.41, 5.74) is 7.76. The standard InChI is InChI=1S/C39H48ClF2N7O6S/c1-19(2)44-36-46-27(17-56-36)26-13-30(25-7-8-29(31(40)32(25)45-26)53-16-22-14-39(41,42)18-48(22)6)54-24-12-28(34(43)50)49(15-24)35(51)33(38(3,4)5)47-37(52)55-23-10-20-9-21(20)11-23/h7-9,13,17,19-20,22-24,28,33H,10-12,14-16,18H2,1-6H3,(H2,43,50)(H,44,46)(H,47,52)/t20-,22-,23+,24?,28-,33+/m0/s1. The number of anilines is 1. The highest BCUT2D eigenvalue weighted by atomic mass is 35.5.